The van der Waals surface area contributed by atoms with Crippen LogP contribution >= 0.6 is 0 Å². The molecular formula is C69H46N6Si. The molecule has 0 bridgehead atoms. The average molecular weight is 987 g/mol. The van der Waals surface area contributed by atoms with Crippen LogP contribution in [0.4, 0.5) is 0 Å². The molecule has 15 rings (SSSR count). The van der Waals surface area contributed by atoms with Crippen LogP contribution in [-0.2, 0) is 0 Å². The highest BCUT2D eigenvalue weighted by Gasteiger charge is 2.41. The molecule has 0 aliphatic carbocycles. The van der Waals surface area contributed by atoms with E-state index in [2.05, 4.69) is 293 Å². The quantitative estimate of drug-likeness (QED) is 0.107. The second-order valence-corrected chi connectivity index (χ2v) is 23.3. The smallest absolute Gasteiger partial charge is 0.238 e. The Morgan fingerprint density at radius 1 is 0.250 bits per heavy atom. The van der Waals surface area contributed by atoms with Crippen molar-refractivity contribution in [3.63, 3.8) is 0 Å². The van der Waals surface area contributed by atoms with Crippen LogP contribution in [0.5, 0.6) is 0 Å². The summed E-state index contributed by atoms with van der Waals surface area (Å²) in [5.41, 5.74) is 10.1. The van der Waals surface area contributed by atoms with Gasteiger partial charge in [0.2, 0.25) is 5.95 Å². The molecule has 4 heterocycles. The van der Waals surface area contributed by atoms with Crippen LogP contribution < -0.4 is 20.7 Å². The fourth-order valence-electron chi connectivity index (χ4n) is 12.3. The molecule has 0 saturated heterocycles. The summed E-state index contributed by atoms with van der Waals surface area (Å²) in [4.78, 5) is 17.2. The normalized spacial score (nSPS) is 11.9. The van der Waals surface area contributed by atoms with Gasteiger partial charge in [-0.15, -0.1) is 0 Å². The van der Waals surface area contributed by atoms with E-state index in [0.29, 0.717) is 17.6 Å². The molecule has 0 N–H and O–H groups in total. The number of fused-ring (bicyclic) bond motifs is 9. The average Bonchev–Trinajstić information content (AvgIpc) is 4.16. The minimum absolute atomic E-state index is 0.533. The van der Waals surface area contributed by atoms with Crippen molar-refractivity contribution in [2.75, 3.05) is 0 Å². The van der Waals surface area contributed by atoms with Gasteiger partial charge in [0, 0.05) is 37.9 Å². The van der Waals surface area contributed by atoms with Gasteiger partial charge >= 0.3 is 0 Å². The van der Waals surface area contributed by atoms with Crippen LogP contribution in [0.1, 0.15) is 0 Å². The van der Waals surface area contributed by atoms with E-state index in [1.165, 1.54) is 42.3 Å². The topological polar surface area (TPSA) is 53.5 Å². The van der Waals surface area contributed by atoms with Crippen molar-refractivity contribution in [2.45, 2.75) is 0 Å². The van der Waals surface area contributed by atoms with Crippen molar-refractivity contribution < 1.29 is 0 Å². The summed E-state index contributed by atoms with van der Waals surface area (Å²) in [5.74, 6) is 1.66. The molecule has 11 aromatic carbocycles. The van der Waals surface area contributed by atoms with Gasteiger partial charge in [0.15, 0.2) is 19.7 Å². The summed E-state index contributed by atoms with van der Waals surface area (Å²) in [6.07, 6.45) is 0. The molecule has 4 aromatic heterocycles. The molecule has 15 aromatic rings. The van der Waals surface area contributed by atoms with Gasteiger partial charge in [-0.05, 0) is 69.3 Å². The molecule has 0 amide bonds. The number of hydrogen-bond acceptors (Lipinski definition) is 3. The minimum atomic E-state index is -2.96. The predicted octanol–water partition coefficient (Wildman–Crippen LogP) is 13.9. The van der Waals surface area contributed by atoms with E-state index in [4.69, 9.17) is 15.0 Å². The lowest BCUT2D eigenvalue weighted by Crippen LogP contribution is -2.74. The van der Waals surface area contributed by atoms with Gasteiger partial charge < -0.3 is 9.13 Å². The number of benzene rings is 11. The molecule has 7 heteroatoms. The van der Waals surface area contributed by atoms with Gasteiger partial charge in [-0.1, -0.05) is 231 Å². The van der Waals surface area contributed by atoms with E-state index in [9.17, 15) is 0 Å². The Morgan fingerprint density at radius 3 is 0.961 bits per heavy atom. The molecule has 0 fully saturated rings. The zero-order valence-electron chi connectivity index (χ0n) is 41.2. The Labute approximate surface area is 439 Å². The molecule has 0 atom stereocenters. The lowest BCUT2D eigenvalue weighted by Gasteiger charge is -2.34. The van der Waals surface area contributed by atoms with Crippen molar-refractivity contribution in [3.8, 4) is 40.1 Å². The molecule has 0 aliphatic rings. The highest BCUT2D eigenvalue weighted by Crippen LogP contribution is 2.42. The van der Waals surface area contributed by atoms with Crippen LogP contribution in [0.2, 0.25) is 0 Å². The third kappa shape index (κ3) is 6.62. The molecule has 0 radical (unpaired) electrons. The van der Waals surface area contributed by atoms with Crippen LogP contribution in [0.25, 0.3) is 106 Å². The Bertz CT molecular complexity index is 4320. The fraction of sp³-hybridized carbons (Fsp3) is 0. The second-order valence-electron chi connectivity index (χ2n) is 19.5. The number of hydrogen-bond donors (Lipinski definition) is 0. The molecule has 0 spiro atoms. The monoisotopic (exact) mass is 986 g/mol. The van der Waals surface area contributed by atoms with Gasteiger partial charge in [-0.2, -0.15) is 9.97 Å². The minimum Gasteiger partial charge on any atom is -0.308 e. The number of aromatic nitrogens is 6. The lowest BCUT2D eigenvalue weighted by molar-refractivity contribution is 0.949. The zero-order chi connectivity index (χ0) is 50.2. The maximum Gasteiger partial charge on any atom is 0.238 e. The van der Waals surface area contributed by atoms with E-state index >= 15 is 0 Å². The molecule has 0 unspecified atom stereocenters. The van der Waals surface area contributed by atoms with E-state index in [1.807, 2.05) is 0 Å². The third-order valence-electron chi connectivity index (χ3n) is 15.5. The summed E-state index contributed by atoms with van der Waals surface area (Å²) in [6, 6.07) is 101. The lowest BCUT2D eigenvalue weighted by atomic mass is 10.1. The first-order valence-corrected chi connectivity index (χ1v) is 27.9. The molecule has 0 aliphatic heterocycles. The van der Waals surface area contributed by atoms with E-state index in [-0.39, 0.29) is 0 Å². The standard InChI is InChI=1S/C69H46N6Si/c1-4-25-48(26-5-1)76(49-27-6-2-7-28-49,50-29-8-3-9-30-50)51-31-22-24-47(46-51)67-70-68(72-69(71-67)75-62-42-20-14-36-56(62)57-37-15-21-43-63(57)75)66-64(73-58-38-16-10-32-52(58)53-33-11-17-39-59(53)73)44-23-45-65(66)74-60-40-18-12-34-54(60)55-35-13-19-41-61(55)74/h1-46H. The summed E-state index contributed by atoms with van der Waals surface area (Å²) in [7, 11) is -2.96. The second kappa shape index (κ2) is 17.6. The van der Waals surface area contributed by atoms with Gasteiger partial charge in [0.1, 0.15) is 0 Å². The van der Waals surface area contributed by atoms with E-state index in [1.54, 1.807) is 0 Å². The van der Waals surface area contributed by atoms with Crippen LogP contribution in [0.3, 0.4) is 0 Å². The predicted molar refractivity (Wildman–Crippen MR) is 317 cm³/mol. The number of rotatable bonds is 9. The van der Waals surface area contributed by atoms with Crippen molar-refractivity contribution in [1.82, 2.24) is 28.7 Å². The Kier molecular flexibility index (Phi) is 10.1. The van der Waals surface area contributed by atoms with Crippen molar-refractivity contribution in [2.24, 2.45) is 0 Å². The van der Waals surface area contributed by atoms with Gasteiger partial charge in [-0.3, -0.25) is 4.57 Å². The molecule has 0 saturated carbocycles. The Balaban J connectivity index is 1.08. The summed E-state index contributed by atoms with van der Waals surface area (Å²) < 4.78 is 7.03. The molecule has 6 nitrogen and oxygen atoms in total. The largest absolute Gasteiger partial charge is 0.308 e. The first kappa shape index (κ1) is 43.6. The highest BCUT2D eigenvalue weighted by atomic mass is 28.3. The third-order valence-corrected chi connectivity index (χ3v) is 20.2. The maximum absolute atomic E-state index is 5.80. The first-order chi connectivity index (χ1) is 37.7. The number of nitrogens with zero attached hydrogens (tertiary/aromatic N) is 6. The van der Waals surface area contributed by atoms with E-state index in [0.717, 1.165) is 66.4 Å². The van der Waals surface area contributed by atoms with E-state index < -0.39 is 8.07 Å². The fourth-order valence-corrected chi connectivity index (χ4v) is 17.1. The highest BCUT2D eigenvalue weighted by molar-refractivity contribution is 7.19. The van der Waals surface area contributed by atoms with Crippen LogP contribution in [-0.4, -0.2) is 36.7 Å². The van der Waals surface area contributed by atoms with Gasteiger partial charge in [0.25, 0.3) is 0 Å². The molecular weight excluding hydrogens is 941 g/mol. The first-order valence-electron chi connectivity index (χ1n) is 25.9. The van der Waals surface area contributed by atoms with Gasteiger partial charge in [0.05, 0.1) is 50.0 Å². The molecule has 356 valence electrons. The SMILES string of the molecule is c1ccc([Si](c2ccccc2)(c2ccccc2)c2cccc(-c3nc(-c4c(-n5c6ccccc6c6ccccc65)cccc4-n4c5ccccc5c5ccccc54)nc(-n4c5ccccc5c5ccccc54)n3)c2)cc1. The maximum atomic E-state index is 5.80. The zero-order valence-corrected chi connectivity index (χ0v) is 42.2. The summed E-state index contributed by atoms with van der Waals surface area (Å²) in [6.45, 7) is 0. The van der Waals surface area contributed by atoms with Gasteiger partial charge in [-0.25, -0.2) is 4.98 Å². The van der Waals surface area contributed by atoms with Crippen molar-refractivity contribution in [3.05, 3.63) is 279 Å². The van der Waals surface area contributed by atoms with Crippen molar-refractivity contribution in [1.29, 1.82) is 0 Å². The Hall–Kier alpha value is -9.95. The Morgan fingerprint density at radius 2 is 0.566 bits per heavy atom. The van der Waals surface area contributed by atoms with Crippen LogP contribution in [0, 0.1) is 0 Å². The van der Waals surface area contributed by atoms with Crippen LogP contribution in [0.15, 0.2) is 279 Å². The van der Waals surface area contributed by atoms with Crippen molar-refractivity contribution >= 4 is 94.2 Å². The summed E-state index contributed by atoms with van der Waals surface area (Å²) >= 11 is 0. The summed E-state index contributed by atoms with van der Waals surface area (Å²) in [5, 5.41) is 12.1. The molecule has 76 heavy (non-hydrogen) atoms. The number of para-hydroxylation sites is 6.